The van der Waals surface area contributed by atoms with Crippen molar-refractivity contribution in [1.29, 1.82) is 0 Å². The van der Waals surface area contributed by atoms with Gasteiger partial charge >= 0.3 is 0 Å². The van der Waals surface area contributed by atoms with E-state index in [-0.39, 0.29) is 18.1 Å². The van der Waals surface area contributed by atoms with E-state index in [0.29, 0.717) is 26.3 Å². The fourth-order valence-electron chi connectivity index (χ4n) is 2.96. The molecule has 26 heavy (non-hydrogen) atoms. The lowest BCUT2D eigenvalue weighted by Gasteiger charge is -2.29. The van der Waals surface area contributed by atoms with Gasteiger partial charge < -0.3 is 20.1 Å². The van der Waals surface area contributed by atoms with E-state index < -0.39 is 0 Å². The van der Waals surface area contributed by atoms with Crippen LogP contribution in [-0.2, 0) is 22.6 Å². The molecule has 0 radical (unpaired) electrons. The largest absolute Gasteiger partial charge is 0.489 e. The molecule has 0 spiro atoms. The average molecular weight is 354 g/mol. The number of carbonyl (C=O) groups is 1. The normalized spacial score (nSPS) is 19.7. The van der Waals surface area contributed by atoms with E-state index in [1.165, 1.54) is 5.56 Å². The summed E-state index contributed by atoms with van der Waals surface area (Å²) in [6.07, 6.45) is 0.692. The molecule has 0 saturated carbocycles. The minimum atomic E-state index is -0.266. The summed E-state index contributed by atoms with van der Waals surface area (Å²) in [7, 11) is 0. The second-order valence-electron chi connectivity index (χ2n) is 6.47. The molecule has 2 atom stereocenters. The Morgan fingerprint density at radius 1 is 1.15 bits per heavy atom. The van der Waals surface area contributed by atoms with Crippen molar-refractivity contribution in [2.45, 2.75) is 32.1 Å². The summed E-state index contributed by atoms with van der Waals surface area (Å²) in [5.74, 6) is 0.846. The first-order chi connectivity index (χ1) is 12.7. The van der Waals surface area contributed by atoms with Crippen LogP contribution in [0.5, 0.6) is 5.75 Å². The third kappa shape index (κ3) is 5.31. The molecule has 0 bridgehead atoms. The molecule has 0 unspecified atom stereocenters. The molecule has 5 heteroatoms. The highest BCUT2D eigenvalue weighted by atomic mass is 16.5. The van der Waals surface area contributed by atoms with Crippen LogP contribution < -0.4 is 15.4 Å². The van der Waals surface area contributed by atoms with Gasteiger partial charge in [-0.3, -0.25) is 4.79 Å². The molecular formula is C21H26N2O3. The molecule has 1 amide bonds. The van der Waals surface area contributed by atoms with Crippen LogP contribution in [0.4, 0.5) is 0 Å². The van der Waals surface area contributed by atoms with Gasteiger partial charge in [-0.2, -0.15) is 0 Å². The minimum Gasteiger partial charge on any atom is -0.489 e. The summed E-state index contributed by atoms with van der Waals surface area (Å²) in [5, 5.41) is 6.18. The van der Waals surface area contributed by atoms with Gasteiger partial charge in [0.25, 0.3) is 0 Å². The molecule has 2 aromatic rings. The summed E-state index contributed by atoms with van der Waals surface area (Å²) in [4.78, 5) is 12.2. The van der Waals surface area contributed by atoms with Crippen molar-refractivity contribution >= 4 is 5.91 Å². The number of nitrogens with one attached hydrogen (secondary N) is 2. The molecule has 2 aromatic carbocycles. The molecule has 1 fully saturated rings. The Labute approximate surface area is 154 Å². The molecule has 1 heterocycles. The average Bonchev–Trinajstić information content (AvgIpc) is 2.68. The lowest BCUT2D eigenvalue weighted by atomic mass is 10.1. The maximum absolute atomic E-state index is 12.2. The second kappa shape index (κ2) is 9.36. The van der Waals surface area contributed by atoms with Crippen molar-refractivity contribution in [1.82, 2.24) is 10.6 Å². The number of morpholine rings is 1. The number of benzene rings is 2. The Morgan fingerprint density at radius 2 is 1.92 bits per heavy atom. The molecule has 3 rings (SSSR count). The Hall–Kier alpha value is -2.37. The van der Waals surface area contributed by atoms with Crippen LogP contribution in [0.25, 0.3) is 0 Å². The maximum Gasteiger partial charge on any atom is 0.239 e. The van der Waals surface area contributed by atoms with Gasteiger partial charge in [0, 0.05) is 13.1 Å². The van der Waals surface area contributed by atoms with Crippen molar-refractivity contribution in [2.24, 2.45) is 0 Å². The van der Waals surface area contributed by atoms with Crippen molar-refractivity contribution in [2.75, 3.05) is 19.7 Å². The van der Waals surface area contributed by atoms with Gasteiger partial charge in [0.05, 0.1) is 12.7 Å². The standard InChI is InChI=1S/C21H26N2O3/c1-16-20(22-13-14-25-16)21(24)23-12-11-17-7-9-19(10-8-17)26-15-18-5-3-2-4-6-18/h2-10,16,20,22H,11-15H2,1H3,(H,23,24)/t16-,20+/m1/s1. The van der Waals surface area contributed by atoms with Crippen molar-refractivity contribution in [3.8, 4) is 5.75 Å². The third-order valence-corrected chi connectivity index (χ3v) is 4.48. The fourth-order valence-corrected chi connectivity index (χ4v) is 2.96. The van der Waals surface area contributed by atoms with Gasteiger partial charge in [0.15, 0.2) is 0 Å². The van der Waals surface area contributed by atoms with Crippen molar-refractivity contribution < 1.29 is 14.3 Å². The first-order valence-electron chi connectivity index (χ1n) is 9.11. The lowest BCUT2D eigenvalue weighted by molar-refractivity contribution is -0.128. The highest BCUT2D eigenvalue weighted by molar-refractivity contribution is 5.82. The van der Waals surface area contributed by atoms with Gasteiger partial charge in [-0.05, 0) is 36.6 Å². The Balaban J connectivity index is 1.40. The van der Waals surface area contributed by atoms with Gasteiger partial charge in [-0.1, -0.05) is 42.5 Å². The molecule has 138 valence electrons. The molecule has 0 aliphatic carbocycles. The first kappa shape index (κ1) is 18.4. The zero-order chi connectivity index (χ0) is 18.2. The highest BCUT2D eigenvalue weighted by Crippen LogP contribution is 2.14. The SMILES string of the molecule is C[C@H]1OCCN[C@@H]1C(=O)NCCc1ccc(OCc2ccccc2)cc1. The Kier molecular flexibility index (Phi) is 6.63. The smallest absolute Gasteiger partial charge is 0.239 e. The Morgan fingerprint density at radius 3 is 2.65 bits per heavy atom. The molecule has 1 aliphatic rings. The Bertz CT molecular complexity index is 688. The van der Waals surface area contributed by atoms with E-state index in [2.05, 4.69) is 10.6 Å². The molecule has 2 N–H and O–H groups in total. The van der Waals surface area contributed by atoms with Crippen LogP contribution >= 0.6 is 0 Å². The van der Waals surface area contributed by atoms with E-state index in [1.54, 1.807) is 0 Å². The van der Waals surface area contributed by atoms with E-state index in [1.807, 2.05) is 61.5 Å². The van der Waals surface area contributed by atoms with Crippen LogP contribution in [0.2, 0.25) is 0 Å². The lowest BCUT2D eigenvalue weighted by Crippen LogP contribution is -2.55. The second-order valence-corrected chi connectivity index (χ2v) is 6.47. The van der Waals surface area contributed by atoms with Gasteiger partial charge in [0.2, 0.25) is 5.91 Å². The summed E-state index contributed by atoms with van der Waals surface area (Å²) < 4.78 is 11.3. The van der Waals surface area contributed by atoms with Crippen LogP contribution in [0, 0.1) is 0 Å². The van der Waals surface area contributed by atoms with Gasteiger partial charge in [0.1, 0.15) is 18.4 Å². The number of hydrogen-bond donors (Lipinski definition) is 2. The van der Waals surface area contributed by atoms with E-state index in [0.717, 1.165) is 17.7 Å². The molecular weight excluding hydrogens is 328 g/mol. The minimum absolute atomic E-state index is 0.0000135. The number of amides is 1. The van der Waals surface area contributed by atoms with Gasteiger partial charge in [-0.15, -0.1) is 0 Å². The van der Waals surface area contributed by atoms with Crippen molar-refractivity contribution in [3.05, 3.63) is 65.7 Å². The molecule has 0 aromatic heterocycles. The molecule has 1 aliphatic heterocycles. The first-order valence-corrected chi connectivity index (χ1v) is 9.11. The fraction of sp³-hybridized carbons (Fsp3) is 0.381. The molecule has 1 saturated heterocycles. The summed E-state index contributed by atoms with van der Waals surface area (Å²) >= 11 is 0. The zero-order valence-electron chi connectivity index (χ0n) is 15.1. The molecule has 5 nitrogen and oxygen atoms in total. The van der Waals surface area contributed by atoms with Crippen LogP contribution in [0.1, 0.15) is 18.1 Å². The van der Waals surface area contributed by atoms with Crippen LogP contribution in [0.3, 0.4) is 0 Å². The maximum atomic E-state index is 12.2. The number of rotatable bonds is 7. The highest BCUT2D eigenvalue weighted by Gasteiger charge is 2.27. The number of carbonyl (C=O) groups excluding carboxylic acids is 1. The van der Waals surface area contributed by atoms with E-state index in [9.17, 15) is 4.79 Å². The number of hydrogen-bond acceptors (Lipinski definition) is 4. The van der Waals surface area contributed by atoms with Crippen LogP contribution in [0.15, 0.2) is 54.6 Å². The quantitative estimate of drug-likeness (QED) is 0.801. The predicted octanol–water partition coefficient (Wildman–Crippen LogP) is 2.30. The van der Waals surface area contributed by atoms with Gasteiger partial charge in [-0.25, -0.2) is 0 Å². The summed E-state index contributed by atoms with van der Waals surface area (Å²) in [6, 6.07) is 17.9. The van der Waals surface area contributed by atoms with E-state index in [4.69, 9.17) is 9.47 Å². The number of ether oxygens (including phenoxy) is 2. The third-order valence-electron chi connectivity index (χ3n) is 4.48. The topological polar surface area (TPSA) is 59.6 Å². The van der Waals surface area contributed by atoms with Crippen LogP contribution in [-0.4, -0.2) is 37.7 Å². The summed E-state index contributed by atoms with van der Waals surface area (Å²) in [6.45, 7) is 4.46. The van der Waals surface area contributed by atoms with E-state index >= 15 is 0 Å². The zero-order valence-corrected chi connectivity index (χ0v) is 15.1. The summed E-state index contributed by atoms with van der Waals surface area (Å²) in [5.41, 5.74) is 2.31. The monoisotopic (exact) mass is 354 g/mol. The predicted molar refractivity (Wildman–Crippen MR) is 101 cm³/mol. The van der Waals surface area contributed by atoms with Crippen molar-refractivity contribution in [3.63, 3.8) is 0 Å².